The third kappa shape index (κ3) is 9.11. The molecule has 0 saturated heterocycles. The van der Waals surface area contributed by atoms with E-state index >= 15 is 0 Å². The van der Waals surface area contributed by atoms with Crippen LogP contribution in [0.3, 0.4) is 0 Å². The van der Waals surface area contributed by atoms with E-state index in [2.05, 4.69) is 258 Å². The molecule has 9 rings (SSSR count). The van der Waals surface area contributed by atoms with E-state index in [-0.39, 0.29) is 0 Å². The van der Waals surface area contributed by atoms with Gasteiger partial charge in [0.05, 0.1) is 0 Å². The molecule has 0 saturated carbocycles. The Hall–Kier alpha value is -7.54. The maximum absolute atomic E-state index is 2.35. The molecule has 0 aliphatic rings. The summed E-state index contributed by atoms with van der Waals surface area (Å²) in [6.07, 6.45) is 13.8. The molecule has 0 bridgehead atoms. The van der Waals surface area contributed by atoms with Crippen molar-refractivity contribution >= 4 is 69.1 Å². The fourth-order valence-corrected chi connectivity index (χ4v) is 8.17. The third-order valence-corrected chi connectivity index (χ3v) is 11.8. The fraction of sp³-hybridized carbons (Fsp3) is 0.0645. The van der Waals surface area contributed by atoms with Crippen LogP contribution in [0.15, 0.2) is 194 Å². The van der Waals surface area contributed by atoms with Crippen LogP contribution in [0, 0.1) is 27.7 Å². The minimum atomic E-state index is 1.16. The van der Waals surface area contributed by atoms with Gasteiger partial charge in [-0.15, -0.1) is 0 Å². The van der Waals surface area contributed by atoms with E-state index in [1.165, 1.54) is 88.3 Å². The largest absolute Gasteiger partial charge is 0.0616 e. The number of hydrogen-bond donors (Lipinski definition) is 0. The Morgan fingerprint density at radius 1 is 0.258 bits per heavy atom. The zero-order chi connectivity index (χ0) is 42.4. The van der Waals surface area contributed by atoms with Gasteiger partial charge < -0.3 is 0 Å². The highest BCUT2D eigenvalue weighted by atomic mass is 14.1. The molecule has 0 atom stereocenters. The van der Waals surface area contributed by atoms with E-state index in [1.54, 1.807) is 0 Å². The summed E-state index contributed by atoms with van der Waals surface area (Å²) >= 11 is 0. The minimum absolute atomic E-state index is 1.16. The van der Waals surface area contributed by atoms with Crippen LogP contribution in [0.5, 0.6) is 0 Å². The van der Waals surface area contributed by atoms with Crippen LogP contribution in [0.1, 0.15) is 77.9 Å². The Morgan fingerprint density at radius 2 is 0.532 bits per heavy atom. The molecule has 0 amide bonds. The molecule has 0 heteroatoms. The Balaban J connectivity index is 1.14. The van der Waals surface area contributed by atoms with E-state index in [0.29, 0.717) is 0 Å². The van der Waals surface area contributed by atoms with Crippen LogP contribution < -0.4 is 0 Å². The Morgan fingerprint density at radius 3 is 0.855 bits per heavy atom. The first-order chi connectivity index (χ1) is 30.3. The summed E-state index contributed by atoms with van der Waals surface area (Å²) < 4.78 is 0. The van der Waals surface area contributed by atoms with Crippen molar-refractivity contribution in [3.05, 3.63) is 272 Å². The van der Waals surface area contributed by atoms with E-state index in [4.69, 9.17) is 0 Å². The van der Waals surface area contributed by atoms with Gasteiger partial charge in [-0.25, -0.2) is 0 Å². The molecule has 62 heavy (non-hydrogen) atoms. The van der Waals surface area contributed by atoms with Crippen molar-refractivity contribution in [3.63, 3.8) is 0 Å². The summed E-state index contributed by atoms with van der Waals surface area (Å²) in [6.45, 7) is 8.57. The van der Waals surface area contributed by atoms with Crippen LogP contribution in [-0.2, 0) is 0 Å². The SMILES string of the molecule is Cc1ccc(C(=Cc2ccccc2/C=C\c2cc3cc4ccccc4cc3cc2/C=C\c2ccccc2C=C(c2ccc(C)cc2)c2ccc(C)cc2)c2ccc(C)cc2)cc1. The van der Waals surface area contributed by atoms with E-state index in [0.717, 1.165) is 22.3 Å². The number of aryl methyl sites for hydroxylation is 4. The number of benzene rings is 9. The lowest BCUT2D eigenvalue weighted by Crippen LogP contribution is -1.91. The van der Waals surface area contributed by atoms with Gasteiger partial charge >= 0.3 is 0 Å². The van der Waals surface area contributed by atoms with Crippen LogP contribution >= 0.6 is 0 Å². The topological polar surface area (TPSA) is 0 Å². The molecule has 0 aliphatic carbocycles. The number of hydrogen-bond acceptors (Lipinski definition) is 0. The third-order valence-electron chi connectivity index (χ3n) is 11.8. The normalized spacial score (nSPS) is 11.4. The quantitative estimate of drug-likeness (QED) is 0.0955. The Labute approximate surface area is 367 Å². The monoisotopic (exact) mass is 794 g/mol. The number of fused-ring (bicyclic) bond motifs is 2. The van der Waals surface area contributed by atoms with Gasteiger partial charge in [0.1, 0.15) is 0 Å². The van der Waals surface area contributed by atoms with Gasteiger partial charge in [-0.3, -0.25) is 0 Å². The van der Waals surface area contributed by atoms with Gasteiger partial charge in [-0.2, -0.15) is 0 Å². The lowest BCUT2D eigenvalue weighted by Gasteiger charge is -2.12. The van der Waals surface area contributed by atoms with Gasteiger partial charge in [0, 0.05) is 0 Å². The summed E-state index contributed by atoms with van der Waals surface area (Å²) in [4.78, 5) is 0. The first-order valence-electron chi connectivity index (χ1n) is 21.6. The molecule has 0 N–H and O–H groups in total. The lowest BCUT2D eigenvalue weighted by atomic mass is 9.92. The summed E-state index contributed by atoms with van der Waals surface area (Å²) in [7, 11) is 0. The van der Waals surface area contributed by atoms with E-state index in [1.807, 2.05) is 0 Å². The predicted octanol–water partition coefficient (Wildman–Crippen LogP) is 16.7. The van der Waals surface area contributed by atoms with Gasteiger partial charge in [-0.1, -0.05) is 216 Å². The van der Waals surface area contributed by atoms with Crippen molar-refractivity contribution in [2.24, 2.45) is 0 Å². The van der Waals surface area contributed by atoms with E-state index < -0.39 is 0 Å². The second-order valence-corrected chi connectivity index (χ2v) is 16.5. The molecule has 0 aromatic heterocycles. The van der Waals surface area contributed by atoms with Crippen molar-refractivity contribution in [2.75, 3.05) is 0 Å². The summed E-state index contributed by atoms with van der Waals surface area (Å²) in [6, 6.07) is 70.8. The molecule has 0 heterocycles. The number of rotatable bonds is 10. The summed E-state index contributed by atoms with van der Waals surface area (Å²) in [5.74, 6) is 0. The van der Waals surface area contributed by atoms with Crippen molar-refractivity contribution in [1.82, 2.24) is 0 Å². The van der Waals surface area contributed by atoms with Crippen molar-refractivity contribution in [1.29, 1.82) is 0 Å². The van der Waals surface area contributed by atoms with Gasteiger partial charge in [0.25, 0.3) is 0 Å². The Bertz CT molecular complexity index is 2840. The van der Waals surface area contributed by atoms with Crippen LogP contribution in [0.4, 0.5) is 0 Å². The molecule has 0 nitrogen and oxygen atoms in total. The molecule has 0 radical (unpaired) electrons. The second-order valence-electron chi connectivity index (χ2n) is 16.5. The molecule has 298 valence electrons. The molecule has 9 aromatic carbocycles. The highest BCUT2D eigenvalue weighted by molar-refractivity contribution is 6.02. The molecule has 0 unspecified atom stereocenters. The smallest absolute Gasteiger partial charge is 0.0105 e. The van der Waals surface area contributed by atoms with Gasteiger partial charge in [0.15, 0.2) is 0 Å². The summed E-state index contributed by atoms with van der Waals surface area (Å²) in [5.41, 5.74) is 19.2. The maximum Gasteiger partial charge on any atom is -0.0105 e. The fourth-order valence-electron chi connectivity index (χ4n) is 8.17. The average molecular weight is 795 g/mol. The molecule has 0 spiro atoms. The van der Waals surface area contributed by atoms with Crippen molar-refractivity contribution in [2.45, 2.75) is 27.7 Å². The van der Waals surface area contributed by atoms with E-state index in [9.17, 15) is 0 Å². The maximum atomic E-state index is 2.35. The molecular formula is C62H50. The lowest BCUT2D eigenvalue weighted by molar-refractivity contribution is 1.43. The summed E-state index contributed by atoms with van der Waals surface area (Å²) in [5, 5.41) is 4.93. The highest BCUT2D eigenvalue weighted by Crippen LogP contribution is 2.33. The molecule has 0 aliphatic heterocycles. The minimum Gasteiger partial charge on any atom is -0.0616 e. The zero-order valence-electron chi connectivity index (χ0n) is 35.9. The van der Waals surface area contributed by atoms with Crippen molar-refractivity contribution in [3.8, 4) is 0 Å². The molecular weight excluding hydrogens is 745 g/mol. The predicted molar refractivity (Wildman–Crippen MR) is 271 cm³/mol. The first kappa shape index (κ1) is 39.9. The van der Waals surface area contributed by atoms with Crippen LogP contribution in [0.25, 0.3) is 69.1 Å². The highest BCUT2D eigenvalue weighted by Gasteiger charge is 2.11. The van der Waals surface area contributed by atoms with Crippen LogP contribution in [-0.4, -0.2) is 0 Å². The first-order valence-corrected chi connectivity index (χ1v) is 21.6. The van der Waals surface area contributed by atoms with Crippen molar-refractivity contribution < 1.29 is 0 Å². The zero-order valence-corrected chi connectivity index (χ0v) is 35.9. The Kier molecular flexibility index (Phi) is 11.6. The van der Waals surface area contributed by atoms with Gasteiger partial charge in [-0.05, 0) is 152 Å². The molecule has 9 aromatic rings. The average Bonchev–Trinajstić information content (AvgIpc) is 3.30. The van der Waals surface area contributed by atoms with Gasteiger partial charge in [0.2, 0.25) is 0 Å². The molecule has 0 fully saturated rings. The second kappa shape index (κ2) is 18.0. The van der Waals surface area contributed by atoms with Crippen LogP contribution in [0.2, 0.25) is 0 Å². The standard InChI is InChI=1S/C62H50/c1-43-17-25-49(26-18-43)61(50-27-19-44(2)20-28-50)41-55-15-7-5-11-47(55)33-35-57-39-59-37-53-13-9-10-14-54(53)38-60(59)40-58(57)36-34-48-12-6-8-16-56(48)42-62(51-29-21-45(3)22-30-51)52-31-23-46(4)24-32-52/h5-42H,1-4H3/b35-33-,36-34-.